The molecule has 4 nitrogen and oxygen atoms in total. The second-order valence-corrected chi connectivity index (χ2v) is 6.26. The summed E-state index contributed by atoms with van der Waals surface area (Å²) in [6.07, 6.45) is 1.42. The molecule has 1 unspecified atom stereocenters. The van der Waals surface area contributed by atoms with Gasteiger partial charge in [-0.05, 0) is 53.0 Å². The van der Waals surface area contributed by atoms with Gasteiger partial charge in [0.05, 0.1) is 11.7 Å². The van der Waals surface area contributed by atoms with Gasteiger partial charge in [0.1, 0.15) is 11.6 Å². The Bertz CT molecular complexity index is 794. The van der Waals surface area contributed by atoms with Crippen LogP contribution < -0.4 is 10.6 Å². The molecule has 0 bridgehead atoms. The van der Waals surface area contributed by atoms with Gasteiger partial charge in [-0.15, -0.1) is 0 Å². The van der Waals surface area contributed by atoms with Gasteiger partial charge < -0.3 is 10.6 Å². The molecule has 1 amide bonds. The fourth-order valence-corrected chi connectivity index (χ4v) is 2.74. The van der Waals surface area contributed by atoms with Gasteiger partial charge in [-0.1, -0.05) is 36.4 Å². The highest BCUT2D eigenvalue weighted by Gasteiger charge is 2.13. The molecule has 0 fully saturated rings. The number of nitrogens with zero attached hydrogens (tertiary/aromatic N) is 1. The van der Waals surface area contributed by atoms with Gasteiger partial charge in [0, 0.05) is 10.7 Å². The van der Waals surface area contributed by atoms with Crippen LogP contribution in [-0.2, 0) is 4.79 Å². The van der Waals surface area contributed by atoms with E-state index in [-0.39, 0.29) is 11.6 Å². The number of hydrogen-bond donors (Lipinski definition) is 2. The Morgan fingerprint density at radius 3 is 2.58 bits per heavy atom. The summed E-state index contributed by atoms with van der Waals surface area (Å²) >= 11 is 3.45. The lowest BCUT2D eigenvalue weighted by Gasteiger charge is -2.14. The molecule has 0 aliphatic carbocycles. The van der Waals surface area contributed by atoms with E-state index in [1.54, 1.807) is 0 Å². The third-order valence-electron chi connectivity index (χ3n) is 3.51. The molecule has 24 heavy (non-hydrogen) atoms. The molecule has 0 aromatic heterocycles. The number of carbonyl (C=O) groups excluding carboxylic acids is 1. The molecule has 1 atom stereocenters. The van der Waals surface area contributed by atoms with Crippen LogP contribution in [0.2, 0.25) is 0 Å². The minimum atomic E-state index is -0.412. The largest absolute Gasteiger partial charge is 0.359 e. The van der Waals surface area contributed by atoms with Crippen molar-refractivity contribution < 1.29 is 4.79 Å². The second kappa shape index (κ2) is 8.32. The van der Waals surface area contributed by atoms with Crippen LogP contribution in [0.4, 0.5) is 5.69 Å². The van der Waals surface area contributed by atoms with Crippen molar-refractivity contribution in [2.45, 2.75) is 19.9 Å². The Hall–Kier alpha value is -2.58. The Labute approximate surface area is 150 Å². The van der Waals surface area contributed by atoms with Gasteiger partial charge in [0.2, 0.25) is 0 Å². The van der Waals surface area contributed by atoms with Crippen LogP contribution in [0.15, 0.2) is 64.8 Å². The van der Waals surface area contributed by atoms with Crippen LogP contribution in [-0.4, -0.2) is 5.91 Å². The summed E-state index contributed by atoms with van der Waals surface area (Å²) in [5.41, 5.74) is 2.91. The van der Waals surface area contributed by atoms with Crippen LogP contribution in [0, 0.1) is 18.3 Å². The molecular formula is C19H18BrN3O. The van der Waals surface area contributed by atoms with Crippen LogP contribution in [0.1, 0.15) is 24.1 Å². The van der Waals surface area contributed by atoms with E-state index in [1.807, 2.05) is 68.4 Å². The number of nitrogens with one attached hydrogen (secondary N) is 2. The molecule has 0 radical (unpaired) electrons. The molecule has 2 aromatic rings. The number of carbonyl (C=O) groups is 1. The zero-order valence-electron chi connectivity index (χ0n) is 13.5. The summed E-state index contributed by atoms with van der Waals surface area (Å²) in [7, 11) is 0. The van der Waals surface area contributed by atoms with Gasteiger partial charge in [0.15, 0.2) is 0 Å². The van der Waals surface area contributed by atoms with Crippen molar-refractivity contribution in [2.75, 3.05) is 5.32 Å². The van der Waals surface area contributed by atoms with Crippen LogP contribution >= 0.6 is 15.9 Å². The summed E-state index contributed by atoms with van der Waals surface area (Å²) in [4.78, 5) is 12.3. The Morgan fingerprint density at radius 1 is 1.25 bits per heavy atom. The number of amides is 1. The number of rotatable bonds is 5. The average Bonchev–Trinajstić information content (AvgIpc) is 2.57. The first kappa shape index (κ1) is 17.8. The maximum absolute atomic E-state index is 12.3. The van der Waals surface area contributed by atoms with Crippen molar-refractivity contribution >= 4 is 27.5 Å². The predicted molar refractivity (Wildman–Crippen MR) is 99.2 cm³/mol. The van der Waals surface area contributed by atoms with Crippen molar-refractivity contribution in [1.29, 1.82) is 5.26 Å². The molecular weight excluding hydrogens is 366 g/mol. The van der Waals surface area contributed by atoms with E-state index in [1.165, 1.54) is 6.20 Å². The molecule has 2 aromatic carbocycles. The fraction of sp³-hybridized carbons (Fsp3) is 0.158. The highest BCUT2D eigenvalue weighted by molar-refractivity contribution is 9.10. The van der Waals surface area contributed by atoms with E-state index in [0.29, 0.717) is 0 Å². The van der Waals surface area contributed by atoms with Crippen LogP contribution in [0.25, 0.3) is 0 Å². The van der Waals surface area contributed by atoms with Gasteiger partial charge in [-0.25, -0.2) is 0 Å². The zero-order valence-corrected chi connectivity index (χ0v) is 15.1. The molecule has 0 aliphatic heterocycles. The third-order valence-corrected chi connectivity index (χ3v) is 4.16. The van der Waals surface area contributed by atoms with E-state index < -0.39 is 5.91 Å². The van der Waals surface area contributed by atoms with E-state index >= 15 is 0 Å². The quantitative estimate of drug-likeness (QED) is 0.591. The molecule has 0 saturated heterocycles. The summed E-state index contributed by atoms with van der Waals surface area (Å²) in [5.74, 6) is -0.412. The summed E-state index contributed by atoms with van der Waals surface area (Å²) in [6.45, 7) is 3.87. The van der Waals surface area contributed by atoms with E-state index in [9.17, 15) is 10.1 Å². The fourth-order valence-electron chi connectivity index (χ4n) is 2.14. The van der Waals surface area contributed by atoms with Crippen LogP contribution in [0.3, 0.4) is 0 Å². The molecule has 2 N–H and O–H groups in total. The molecule has 0 heterocycles. The average molecular weight is 384 g/mol. The first-order chi connectivity index (χ1) is 11.5. The predicted octanol–water partition coefficient (Wildman–Crippen LogP) is 4.45. The van der Waals surface area contributed by atoms with Crippen molar-refractivity contribution in [1.82, 2.24) is 5.32 Å². The van der Waals surface area contributed by atoms with Crippen LogP contribution in [0.5, 0.6) is 0 Å². The number of halogens is 1. The molecule has 0 saturated carbocycles. The summed E-state index contributed by atoms with van der Waals surface area (Å²) in [5, 5.41) is 15.1. The number of aryl methyl sites for hydroxylation is 1. The lowest BCUT2D eigenvalue weighted by molar-refractivity contribution is -0.117. The Kier molecular flexibility index (Phi) is 6.16. The first-order valence-electron chi connectivity index (χ1n) is 7.50. The van der Waals surface area contributed by atoms with Crippen molar-refractivity contribution in [3.05, 3.63) is 75.9 Å². The van der Waals surface area contributed by atoms with Crippen molar-refractivity contribution in [3.63, 3.8) is 0 Å². The SMILES string of the molecule is Cc1ccc(N/C=C(/C#N)C(=O)NC(C)c2ccccc2)c(Br)c1. The minimum absolute atomic E-state index is 0.0188. The highest BCUT2D eigenvalue weighted by Crippen LogP contribution is 2.23. The second-order valence-electron chi connectivity index (χ2n) is 5.40. The standard InChI is InChI=1S/C19H18BrN3O/c1-13-8-9-18(17(20)10-13)22-12-16(11-21)19(24)23-14(2)15-6-4-3-5-7-15/h3-10,12,14,22H,1-2H3,(H,23,24)/b16-12-. The molecule has 122 valence electrons. The smallest absolute Gasteiger partial charge is 0.263 e. The zero-order chi connectivity index (χ0) is 17.5. The number of nitriles is 1. The van der Waals surface area contributed by atoms with Gasteiger partial charge in [-0.2, -0.15) is 5.26 Å². The van der Waals surface area contributed by atoms with Crippen molar-refractivity contribution in [2.24, 2.45) is 0 Å². The van der Waals surface area contributed by atoms with E-state index in [2.05, 4.69) is 26.6 Å². The number of benzene rings is 2. The molecule has 2 rings (SSSR count). The molecule has 0 spiro atoms. The number of hydrogen-bond acceptors (Lipinski definition) is 3. The summed E-state index contributed by atoms with van der Waals surface area (Å²) in [6, 6.07) is 17.2. The van der Waals surface area contributed by atoms with Gasteiger partial charge in [0.25, 0.3) is 5.91 Å². The minimum Gasteiger partial charge on any atom is -0.359 e. The Balaban J connectivity index is 2.07. The van der Waals surface area contributed by atoms with E-state index in [4.69, 9.17) is 0 Å². The Morgan fingerprint density at radius 2 is 1.96 bits per heavy atom. The maximum atomic E-state index is 12.3. The first-order valence-corrected chi connectivity index (χ1v) is 8.29. The molecule has 0 aliphatic rings. The molecule has 5 heteroatoms. The lowest BCUT2D eigenvalue weighted by Crippen LogP contribution is -2.28. The summed E-state index contributed by atoms with van der Waals surface area (Å²) < 4.78 is 0.870. The van der Waals surface area contributed by atoms with E-state index in [0.717, 1.165) is 21.3 Å². The maximum Gasteiger partial charge on any atom is 0.263 e. The van der Waals surface area contributed by atoms with Crippen molar-refractivity contribution in [3.8, 4) is 6.07 Å². The monoisotopic (exact) mass is 383 g/mol. The van der Waals surface area contributed by atoms with Gasteiger partial charge in [-0.3, -0.25) is 4.79 Å². The highest BCUT2D eigenvalue weighted by atomic mass is 79.9. The third kappa shape index (κ3) is 4.71. The topological polar surface area (TPSA) is 64.9 Å². The number of anilines is 1. The normalized spacial score (nSPS) is 12.2. The van der Waals surface area contributed by atoms with Gasteiger partial charge >= 0.3 is 0 Å². The lowest BCUT2D eigenvalue weighted by atomic mass is 10.1.